The molecule has 0 aromatic rings. The number of hydrogen-bond donors (Lipinski definition) is 0. The van der Waals surface area contributed by atoms with Crippen LogP contribution in [0, 0.1) is 0 Å². The van der Waals surface area contributed by atoms with Gasteiger partial charge in [-0.25, -0.2) is 0 Å². The van der Waals surface area contributed by atoms with Crippen molar-refractivity contribution in [2.24, 2.45) is 0 Å². The molecule has 0 spiro atoms. The van der Waals surface area contributed by atoms with E-state index in [1.165, 1.54) is 0 Å². The Balaban J connectivity index is -0.0000000910. The molecule has 0 aromatic carbocycles. The SMILES string of the molecule is C.CN(C)C.C[N+](C)(C)C. The third kappa shape index (κ3) is 59300. The summed E-state index contributed by atoms with van der Waals surface area (Å²) in [7, 11) is 14.5. The van der Waals surface area contributed by atoms with Gasteiger partial charge in [-0.05, 0) is 21.1 Å². The van der Waals surface area contributed by atoms with Crippen LogP contribution in [-0.4, -0.2) is 58.7 Å². The molecule has 0 atom stereocenters. The normalized spacial score (nSPS) is 9.60. The Bertz CT molecular complexity index is 44.0. The standard InChI is InChI=1S/C4H12N.C3H9N.CH4/c1-5(2,3)4;1-4(2)3;/h1-4H3;1-3H3;1H4/q+1;;. The first-order valence-corrected chi connectivity index (χ1v) is 3.13. The summed E-state index contributed by atoms with van der Waals surface area (Å²) in [5.74, 6) is 0. The molecule has 0 fully saturated rings. The fourth-order valence-corrected chi connectivity index (χ4v) is 0. The van der Waals surface area contributed by atoms with Gasteiger partial charge in [0.25, 0.3) is 0 Å². The van der Waals surface area contributed by atoms with Crippen molar-refractivity contribution in [2.75, 3.05) is 49.3 Å². The van der Waals surface area contributed by atoms with Crippen LogP contribution in [0.4, 0.5) is 0 Å². The van der Waals surface area contributed by atoms with Gasteiger partial charge in [0, 0.05) is 0 Å². The van der Waals surface area contributed by atoms with Gasteiger partial charge in [0.05, 0.1) is 28.2 Å². The maximum absolute atomic E-state index is 2.12. The maximum atomic E-state index is 2.12. The molecule has 0 saturated carbocycles. The van der Waals surface area contributed by atoms with Crippen LogP contribution >= 0.6 is 0 Å². The van der Waals surface area contributed by atoms with Crippen molar-refractivity contribution in [3.8, 4) is 0 Å². The maximum Gasteiger partial charge on any atom is 0.0675 e. The number of nitrogens with zero attached hydrogens (tertiary/aromatic N) is 2. The minimum absolute atomic E-state index is 0. The van der Waals surface area contributed by atoms with Gasteiger partial charge in [-0.3, -0.25) is 0 Å². The van der Waals surface area contributed by atoms with E-state index in [0.29, 0.717) is 0 Å². The van der Waals surface area contributed by atoms with E-state index >= 15 is 0 Å². The fraction of sp³-hybridized carbons (Fsp3) is 1.00. The molecular formula is C8H25N2+. The minimum Gasteiger partial charge on any atom is -0.333 e. The Labute approximate surface area is 67.0 Å². The van der Waals surface area contributed by atoms with Gasteiger partial charge < -0.3 is 9.38 Å². The van der Waals surface area contributed by atoms with E-state index in [1.54, 1.807) is 0 Å². The third-order valence-corrected chi connectivity index (χ3v) is 0. The molecule has 0 aliphatic carbocycles. The molecular weight excluding hydrogens is 124 g/mol. The molecule has 10 heavy (non-hydrogen) atoms. The highest BCUT2D eigenvalue weighted by atomic mass is 15.2. The van der Waals surface area contributed by atoms with E-state index in [1.807, 2.05) is 26.0 Å². The molecule has 0 heterocycles. The van der Waals surface area contributed by atoms with Crippen molar-refractivity contribution in [3.05, 3.63) is 0 Å². The van der Waals surface area contributed by atoms with Gasteiger partial charge in [-0.15, -0.1) is 0 Å². The van der Waals surface area contributed by atoms with Gasteiger partial charge in [0.15, 0.2) is 0 Å². The van der Waals surface area contributed by atoms with Crippen LogP contribution in [0.2, 0.25) is 0 Å². The molecule has 0 N–H and O–H groups in total. The van der Waals surface area contributed by atoms with Crippen LogP contribution in [0.25, 0.3) is 0 Å². The molecule has 0 aliphatic rings. The summed E-state index contributed by atoms with van der Waals surface area (Å²) in [5.41, 5.74) is 0. The average Bonchev–Trinajstić information content (AvgIpc) is 1.19. The Morgan fingerprint density at radius 2 is 0.800 bits per heavy atom. The molecule has 0 rings (SSSR count). The van der Waals surface area contributed by atoms with Gasteiger partial charge in [0.1, 0.15) is 0 Å². The summed E-state index contributed by atoms with van der Waals surface area (Å²) >= 11 is 0. The van der Waals surface area contributed by atoms with Crippen LogP contribution in [0.1, 0.15) is 7.43 Å². The van der Waals surface area contributed by atoms with E-state index in [0.717, 1.165) is 4.48 Å². The molecule has 0 aliphatic heterocycles. The first kappa shape index (κ1) is 16.5. The van der Waals surface area contributed by atoms with E-state index in [-0.39, 0.29) is 7.43 Å². The van der Waals surface area contributed by atoms with Crippen molar-refractivity contribution in [1.82, 2.24) is 4.90 Å². The van der Waals surface area contributed by atoms with Crippen molar-refractivity contribution >= 4 is 0 Å². The monoisotopic (exact) mass is 149 g/mol. The summed E-state index contributed by atoms with van der Waals surface area (Å²) in [6, 6.07) is 0. The molecule has 2 nitrogen and oxygen atoms in total. The van der Waals surface area contributed by atoms with E-state index in [9.17, 15) is 0 Å². The van der Waals surface area contributed by atoms with Crippen LogP contribution < -0.4 is 0 Å². The molecule has 0 saturated heterocycles. The highest BCUT2D eigenvalue weighted by molar-refractivity contribution is 4.09. The largest absolute Gasteiger partial charge is 0.333 e. The van der Waals surface area contributed by atoms with Gasteiger partial charge in [-0.1, -0.05) is 7.43 Å². The Hall–Kier alpha value is -0.0800. The first-order valence-electron chi connectivity index (χ1n) is 3.13. The zero-order valence-electron chi connectivity index (χ0n) is 7.89. The molecule has 0 unspecified atom stereocenters. The lowest BCUT2D eigenvalue weighted by Gasteiger charge is -2.14. The summed E-state index contributed by atoms with van der Waals surface area (Å²) in [4.78, 5) is 2.00. The predicted octanol–water partition coefficient (Wildman–Crippen LogP) is 1.14. The van der Waals surface area contributed by atoms with Crippen molar-refractivity contribution < 1.29 is 4.48 Å². The molecule has 0 amide bonds. The number of rotatable bonds is 0. The molecule has 2 heteroatoms. The Morgan fingerprint density at radius 3 is 0.800 bits per heavy atom. The molecule has 66 valence electrons. The number of quaternary nitrogens is 1. The smallest absolute Gasteiger partial charge is 0.0675 e. The third-order valence-electron chi connectivity index (χ3n) is 0. The van der Waals surface area contributed by atoms with Gasteiger partial charge in [0.2, 0.25) is 0 Å². The summed E-state index contributed by atoms with van der Waals surface area (Å²) in [5, 5.41) is 0. The zero-order chi connectivity index (χ0) is 8.08. The van der Waals surface area contributed by atoms with Crippen LogP contribution in [-0.2, 0) is 0 Å². The second-order valence-corrected chi connectivity index (χ2v) is 4.02. The molecule has 0 radical (unpaired) electrons. The van der Waals surface area contributed by atoms with Crippen molar-refractivity contribution in [2.45, 2.75) is 7.43 Å². The molecule has 0 aromatic heterocycles. The average molecular weight is 149 g/mol. The summed E-state index contributed by atoms with van der Waals surface area (Å²) in [6.45, 7) is 0. The minimum atomic E-state index is 0. The lowest BCUT2D eigenvalue weighted by atomic mass is 10.8. The fourth-order valence-electron chi connectivity index (χ4n) is 0. The highest BCUT2D eigenvalue weighted by Crippen LogP contribution is 1.73. The van der Waals surface area contributed by atoms with Gasteiger partial charge >= 0.3 is 0 Å². The highest BCUT2D eigenvalue weighted by Gasteiger charge is 1.88. The second kappa shape index (κ2) is 7.03. The van der Waals surface area contributed by atoms with Crippen molar-refractivity contribution in [3.63, 3.8) is 0 Å². The lowest BCUT2D eigenvalue weighted by Crippen LogP contribution is -2.27. The summed E-state index contributed by atoms with van der Waals surface area (Å²) in [6.07, 6.45) is 0. The van der Waals surface area contributed by atoms with Crippen LogP contribution in [0.5, 0.6) is 0 Å². The van der Waals surface area contributed by atoms with Crippen molar-refractivity contribution in [1.29, 1.82) is 0 Å². The quantitative estimate of drug-likeness (QED) is 0.467. The number of hydrogen-bond acceptors (Lipinski definition) is 1. The van der Waals surface area contributed by atoms with Gasteiger partial charge in [-0.2, -0.15) is 0 Å². The van der Waals surface area contributed by atoms with E-state index in [2.05, 4.69) is 28.2 Å². The predicted molar refractivity (Wildman–Crippen MR) is 50.3 cm³/mol. The topological polar surface area (TPSA) is 3.24 Å². The first-order chi connectivity index (χ1) is 3.73. The Kier molecular flexibility index (Phi) is 11.6. The lowest BCUT2D eigenvalue weighted by molar-refractivity contribution is -0.849. The van der Waals surface area contributed by atoms with Crippen LogP contribution in [0.15, 0.2) is 0 Å². The van der Waals surface area contributed by atoms with E-state index < -0.39 is 0 Å². The second-order valence-electron chi connectivity index (χ2n) is 4.02. The van der Waals surface area contributed by atoms with E-state index in [4.69, 9.17) is 0 Å². The molecule has 0 bridgehead atoms. The van der Waals surface area contributed by atoms with Crippen LogP contribution in [0.3, 0.4) is 0 Å². The zero-order valence-corrected chi connectivity index (χ0v) is 7.89. The Morgan fingerprint density at radius 1 is 0.800 bits per heavy atom. The summed E-state index contributed by atoms with van der Waals surface area (Å²) < 4.78 is 1.00.